The number of benzene rings is 2. The van der Waals surface area contributed by atoms with Gasteiger partial charge < -0.3 is 19.7 Å². The van der Waals surface area contributed by atoms with Crippen LogP contribution in [0.15, 0.2) is 53.3 Å². The van der Waals surface area contributed by atoms with Gasteiger partial charge in [-0.3, -0.25) is 9.59 Å². The molecule has 0 aliphatic carbocycles. The number of ether oxygens (including phenoxy) is 1. The van der Waals surface area contributed by atoms with E-state index in [2.05, 4.69) is 4.98 Å². The number of nitrogens with one attached hydrogen (secondary N) is 1. The molecule has 3 aromatic rings. The highest BCUT2D eigenvalue weighted by Gasteiger charge is 2.17. The molecule has 146 valence electrons. The Morgan fingerprint density at radius 1 is 1.14 bits per heavy atom. The average molecular weight is 380 g/mol. The van der Waals surface area contributed by atoms with E-state index in [4.69, 9.17) is 4.74 Å². The number of H-pyrrole nitrogens is 1. The Bertz CT molecular complexity index is 1020. The van der Waals surface area contributed by atoms with E-state index in [9.17, 15) is 14.7 Å². The van der Waals surface area contributed by atoms with E-state index < -0.39 is 0 Å². The first-order valence-electron chi connectivity index (χ1n) is 9.27. The Morgan fingerprint density at radius 3 is 2.57 bits per heavy atom. The van der Waals surface area contributed by atoms with Gasteiger partial charge in [0.05, 0.1) is 19.8 Å². The number of aliphatic hydroxyl groups excluding tert-OH is 1. The highest BCUT2D eigenvalue weighted by Crippen LogP contribution is 2.17. The van der Waals surface area contributed by atoms with Gasteiger partial charge in [0.25, 0.3) is 11.5 Å². The molecule has 0 saturated carbocycles. The maximum Gasteiger partial charge on any atom is 0.254 e. The van der Waals surface area contributed by atoms with Crippen molar-refractivity contribution in [1.29, 1.82) is 0 Å². The Kier molecular flexibility index (Phi) is 6.11. The molecule has 0 radical (unpaired) electrons. The summed E-state index contributed by atoms with van der Waals surface area (Å²) in [5, 5.41) is 10.3. The fraction of sp³-hybridized carbons (Fsp3) is 0.273. The monoisotopic (exact) mass is 380 g/mol. The molecule has 0 unspecified atom stereocenters. The molecule has 3 rings (SSSR count). The van der Waals surface area contributed by atoms with Crippen LogP contribution in [0.5, 0.6) is 5.75 Å². The molecule has 6 heteroatoms. The number of hydrogen-bond acceptors (Lipinski definition) is 4. The summed E-state index contributed by atoms with van der Waals surface area (Å²) in [6.45, 7) is 4.49. The molecule has 0 saturated heterocycles. The molecule has 0 fully saturated rings. The minimum Gasteiger partial charge on any atom is -0.494 e. The smallest absolute Gasteiger partial charge is 0.254 e. The molecule has 1 amide bonds. The summed E-state index contributed by atoms with van der Waals surface area (Å²) in [7, 11) is 0. The largest absolute Gasteiger partial charge is 0.494 e. The van der Waals surface area contributed by atoms with Crippen LogP contribution in [0.3, 0.4) is 0 Å². The third-order valence-electron chi connectivity index (χ3n) is 4.51. The van der Waals surface area contributed by atoms with Crippen molar-refractivity contribution >= 4 is 16.8 Å². The molecule has 0 bridgehead atoms. The molecule has 2 aromatic carbocycles. The Hall–Kier alpha value is -3.12. The van der Waals surface area contributed by atoms with Crippen LogP contribution in [0.1, 0.15) is 28.4 Å². The molecular formula is C22H24N2O4. The molecule has 2 N–H and O–H groups in total. The van der Waals surface area contributed by atoms with Crippen LogP contribution >= 0.6 is 0 Å². The Balaban J connectivity index is 1.88. The second-order valence-electron chi connectivity index (χ2n) is 6.62. The number of aromatic nitrogens is 1. The van der Waals surface area contributed by atoms with Gasteiger partial charge in [0.15, 0.2) is 0 Å². The minimum atomic E-state index is -0.249. The first-order valence-corrected chi connectivity index (χ1v) is 9.27. The van der Waals surface area contributed by atoms with Crippen LogP contribution in [0.4, 0.5) is 0 Å². The number of amides is 1. The van der Waals surface area contributed by atoms with Crippen molar-refractivity contribution in [2.75, 3.05) is 19.8 Å². The SMILES string of the molecule is CCOc1ccc(C(=O)N(CCO)Cc2cc3cc(C)ccc3[nH]c2=O)cc1. The van der Waals surface area contributed by atoms with E-state index in [1.165, 1.54) is 4.90 Å². The number of aromatic amines is 1. The molecule has 0 atom stereocenters. The number of nitrogens with zero attached hydrogens (tertiary/aromatic N) is 1. The second-order valence-corrected chi connectivity index (χ2v) is 6.62. The highest BCUT2D eigenvalue weighted by molar-refractivity contribution is 5.94. The van der Waals surface area contributed by atoms with E-state index in [0.29, 0.717) is 23.5 Å². The Labute approximate surface area is 163 Å². The predicted molar refractivity (Wildman–Crippen MR) is 109 cm³/mol. The van der Waals surface area contributed by atoms with Crippen LogP contribution in [0, 0.1) is 6.92 Å². The number of aryl methyl sites for hydroxylation is 1. The molecule has 0 aliphatic rings. The summed E-state index contributed by atoms with van der Waals surface area (Å²) in [5.41, 5.74) is 2.56. The Morgan fingerprint density at radius 2 is 1.89 bits per heavy atom. The molecular weight excluding hydrogens is 356 g/mol. The first-order chi connectivity index (χ1) is 13.5. The van der Waals surface area contributed by atoms with Gasteiger partial charge in [-0.05, 0) is 61.7 Å². The predicted octanol–water partition coefficient (Wildman–Crippen LogP) is 2.87. The van der Waals surface area contributed by atoms with Gasteiger partial charge in [-0.15, -0.1) is 0 Å². The van der Waals surface area contributed by atoms with Crippen LogP contribution in [-0.4, -0.2) is 40.7 Å². The van der Waals surface area contributed by atoms with Gasteiger partial charge in [0, 0.05) is 23.2 Å². The molecule has 0 spiro atoms. The molecule has 1 aromatic heterocycles. The first kappa shape index (κ1) is 19.6. The number of fused-ring (bicyclic) bond motifs is 1. The lowest BCUT2D eigenvalue weighted by atomic mass is 10.1. The standard InChI is InChI=1S/C22H24N2O4/c1-3-28-19-7-5-16(6-8-19)22(27)24(10-11-25)14-18-13-17-12-15(2)4-9-20(17)23-21(18)26/h4-9,12-13,25H,3,10-11,14H2,1-2H3,(H,23,26). The number of aliphatic hydroxyl groups is 1. The number of hydrogen-bond donors (Lipinski definition) is 2. The van der Waals surface area contributed by atoms with Gasteiger partial charge in [0.1, 0.15) is 5.75 Å². The lowest BCUT2D eigenvalue weighted by Gasteiger charge is -2.22. The van der Waals surface area contributed by atoms with E-state index in [1.807, 2.05) is 32.0 Å². The molecule has 28 heavy (non-hydrogen) atoms. The fourth-order valence-electron chi connectivity index (χ4n) is 3.11. The van der Waals surface area contributed by atoms with Crippen molar-refractivity contribution in [3.63, 3.8) is 0 Å². The summed E-state index contributed by atoms with van der Waals surface area (Å²) in [6, 6.07) is 14.4. The highest BCUT2D eigenvalue weighted by atomic mass is 16.5. The van der Waals surface area contributed by atoms with Gasteiger partial charge in [-0.25, -0.2) is 0 Å². The average Bonchev–Trinajstić information content (AvgIpc) is 2.69. The molecule has 6 nitrogen and oxygen atoms in total. The zero-order valence-corrected chi connectivity index (χ0v) is 16.1. The minimum absolute atomic E-state index is 0.117. The van der Waals surface area contributed by atoms with Crippen molar-refractivity contribution in [3.8, 4) is 5.75 Å². The summed E-state index contributed by atoms with van der Waals surface area (Å²) in [5.74, 6) is 0.440. The lowest BCUT2D eigenvalue weighted by molar-refractivity contribution is 0.0707. The van der Waals surface area contributed by atoms with Crippen LogP contribution in [0.25, 0.3) is 10.9 Å². The summed E-state index contributed by atoms with van der Waals surface area (Å²) in [4.78, 5) is 29.7. The third kappa shape index (κ3) is 4.40. The maximum atomic E-state index is 12.9. The molecule has 0 aliphatic heterocycles. The van der Waals surface area contributed by atoms with Gasteiger partial charge in [-0.1, -0.05) is 11.6 Å². The van der Waals surface area contributed by atoms with Crippen LogP contribution < -0.4 is 10.3 Å². The maximum absolute atomic E-state index is 12.9. The van der Waals surface area contributed by atoms with Crippen molar-refractivity contribution < 1.29 is 14.6 Å². The second kappa shape index (κ2) is 8.71. The normalized spacial score (nSPS) is 10.8. The number of carbonyl (C=O) groups is 1. The fourth-order valence-corrected chi connectivity index (χ4v) is 3.11. The number of pyridine rings is 1. The van der Waals surface area contributed by atoms with E-state index in [0.717, 1.165) is 16.5 Å². The zero-order chi connectivity index (χ0) is 20.1. The number of carbonyl (C=O) groups excluding carboxylic acids is 1. The van der Waals surface area contributed by atoms with Crippen molar-refractivity contribution in [1.82, 2.24) is 9.88 Å². The number of rotatable bonds is 7. The lowest BCUT2D eigenvalue weighted by Crippen LogP contribution is -2.35. The van der Waals surface area contributed by atoms with Gasteiger partial charge in [-0.2, -0.15) is 0 Å². The molecule has 1 heterocycles. The van der Waals surface area contributed by atoms with Gasteiger partial charge in [0.2, 0.25) is 0 Å². The van der Waals surface area contributed by atoms with Crippen molar-refractivity contribution in [2.24, 2.45) is 0 Å². The summed E-state index contributed by atoms with van der Waals surface area (Å²) < 4.78 is 5.40. The van der Waals surface area contributed by atoms with Crippen LogP contribution in [0.2, 0.25) is 0 Å². The van der Waals surface area contributed by atoms with E-state index in [-0.39, 0.29) is 31.2 Å². The zero-order valence-electron chi connectivity index (χ0n) is 16.1. The van der Waals surface area contributed by atoms with E-state index in [1.54, 1.807) is 30.3 Å². The third-order valence-corrected chi connectivity index (χ3v) is 4.51. The van der Waals surface area contributed by atoms with Crippen molar-refractivity contribution in [2.45, 2.75) is 20.4 Å². The summed E-state index contributed by atoms with van der Waals surface area (Å²) >= 11 is 0. The quantitative estimate of drug-likeness (QED) is 0.660. The topological polar surface area (TPSA) is 82.6 Å². The summed E-state index contributed by atoms with van der Waals surface area (Å²) in [6.07, 6.45) is 0. The van der Waals surface area contributed by atoms with Crippen molar-refractivity contribution in [3.05, 3.63) is 75.6 Å². The van der Waals surface area contributed by atoms with E-state index >= 15 is 0 Å². The van der Waals surface area contributed by atoms with Gasteiger partial charge >= 0.3 is 0 Å². The van der Waals surface area contributed by atoms with Crippen LogP contribution in [-0.2, 0) is 6.54 Å².